The van der Waals surface area contributed by atoms with E-state index in [1.165, 1.54) is 12.7 Å². The van der Waals surface area contributed by atoms with Gasteiger partial charge in [0.05, 0.1) is 12.1 Å². The lowest BCUT2D eigenvalue weighted by molar-refractivity contribution is -0.141. The molecule has 0 aromatic carbocycles. The van der Waals surface area contributed by atoms with Crippen LogP contribution in [-0.2, 0) is 16.0 Å². The Kier molecular flexibility index (Phi) is 3.84. The number of rotatable bonds is 5. The molecule has 0 aliphatic heterocycles. The first kappa shape index (κ1) is 11.2. The number of hydrogen-bond donors (Lipinski definition) is 2. The number of carboxylic acid groups (broad SMARTS) is 1. The number of amides is 1. The van der Waals surface area contributed by atoms with Crippen molar-refractivity contribution < 1.29 is 19.1 Å². The van der Waals surface area contributed by atoms with E-state index in [0.717, 1.165) is 0 Å². The predicted octanol–water partition coefficient (Wildman–Crippen LogP) is 0.196. The average molecular weight is 212 g/mol. The Hall–Kier alpha value is -1.85. The number of nitrogens with one attached hydrogen (secondary N) is 1. The molecule has 0 saturated heterocycles. The molecule has 1 heterocycles. The minimum atomic E-state index is -1.04. The van der Waals surface area contributed by atoms with Crippen LogP contribution < -0.4 is 5.32 Å². The highest BCUT2D eigenvalue weighted by molar-refractivity contribution is 5.84. The fourth-order valence-corrected chi connectivity index (χ4v) is 1.07. The van der Waals surface area contributed by atoms with Crippen LogP contribution in [0.5, 0.6) is 0 Å². The normalized spacial score (nSPS) is 12.1. The number of aliphatic carboxylic acids is 1. The van der Waals surface area contributed by atoms with Crippen molar-refractivity contribution in [2.24, 2.45) is 0 Å². The second-order valence-corrected chi connectivity index (χ2v) is 3.02. The van der Waals surface area contributed by atoms with Crippen LogP contribution in [0, 0.1) is 0 Å². The van der Waals surface area contributed by atoms with E-state index in [1.807, 2.05) is 0 Å². The molecule has 0 aliphatic rings. The molecule has 6 heteroatoms. The minimum Gasteiger partial charge on any atom is -0.480 e. The molecule has 1 amide bonds. The first-order valence-corrected chi connectivity index (χ1v) is 4.52. The molecule has 1 unspecified atom stereocenters. The van der Waals surface area contributed by atoms with Crippen LogP contribution in [-0.4, -0.2) is 28.0 Å². The largest absolute Gasteiger partial charge is 0.480 e. The highest BCUT2D eigenvalue weighted by Crippen LogP contribution is 1.97. The van der Waals surface area contributed by atoms with Gasteiger partial charge in [0.1, 0.15) is 12.3 Å². The smallest absolute Gasteiger partial charge is 0.326 e. The van der Waals surface area contributed by atoms with Gasteiger partial charge in [-0.25, -0.2) is 9.78 Å². The van der Waals surface area contributed by atoms with E-state index in [2.05, 4.69) is 14.7 Å². The lowest BCUT2D eigenvalue weighted by Crippen LogP contribution is -2.41. The molecule has 82 valence electrons. The van der Waals surface area contributed by atoms with Crippen molar-refractivity contribution in [3.8, 4) is 0 Å². The third kappa shape index (κ3) is 3.41. The Morgan fingerprint density at radius 2 is 2.40 bits per heavy atom. The lowest BCUT2D eigenvalue weighted by Gasteiger charge is -2.11. The van der Waals surface area contributed by atoms with Crippen molar-refractivity contribution in [3.63, 3.8) is 0 Å². The van der Waals surface area contributed by atoms with Crippen LogP contribution in [0.15, 0.2) is 17.1 Å². The van der Waals surface area contributed by atoms with Crippen molar-refractivity contribution in [2.75, 3.05) is 0 Å². The highest BCUT2D eigenvalue weighted by Gasteiger charge is 2.17. The van der Waals surface area contributed by atoms with Crippen LogP contribution in [0.3, 0.4) is 0 Å². The summed E-state index contributed by atoms with van der Waals surface area (Å²) >= 11 is 0. The fraction of sp³-hybridized carbons (Fsp3) is 0.444. The standard InChI is InChI=1S/C9H12N2O4/c1-2-7(9(13)14)11-8(12)3-6-4-15-5-10-6/h4-5,7H,2-3H2,1H3,(H,11,12)(H,13,14). The van der Waals surface area contributed by atoms with Crippen molar-refractivity contribution in [1.29, 1.82) is 0 Å². The van der Waals surface area contributed by atoms with Crippen molar-refractivity contribution in [2.45, 2.75) is 25.8 Å². The number of carbonyl (C=O) groups is 2. The monoisotopic (exact) mass is 212 g/mol. The van der Waals surface area contributed by atoms with Gasteiger partial charge in [0.15, 0.2) is 6.39 Å². The molecule has 15 heavy (non-hydrogen) atoms. The molecule has 1 rings (SSSR count). The molecular formula is C9H12N2O4. The van der Waals surface area contributed by atoms with E-state index in [9.17, 15) is 9.59 Å². The number of carboxylic acids is 1. The van der Waals surface area contributed by atoms with Gasteiger partial charge in [-0.15, -0.1) is 0 Å². The summed E-state index contributed by atoms with van der Waals surface area (Å²) in [5.41, 5.74) is 0.479. The molecule has 2 N–H and O–H groups in total. The Bertz CT molecular complexity index is 334. The van der Waals surface area contributed by atoms with E-state index in [4.69, 9.17) is 5.11 Å². The average Bonchev–Trinajstić information content (AvgIpc) is 2.66. The summed E-state index contributed by atoms with van der Waals surface area (Å²) in [7, 11) is 0. The Morgan fingerprint density at radius 1 is 1.67 bits per heavy atom. The molecule has 0 saturated carbocycles. The maximum atomic E-state index is 11.3. The topological polar surface area (TPSA) is 92.4 Å². The van der Waals surface area contributed by atoms with Gasteiger partial charge >= 0.3 is 5.97 Å². The van der Waals surface area contributed by atoms with Crippen LogP contribution in [0.4, 0.5) is 0 Å². The Balaban J connectivity index is 2.45. The molecule has 1 aromatic rings. The number of oxazole rings is 1. The maximum absolute atomic E-state index is 11.3. The van der Waals surface area contributed by atoms with Gasteiger partial charge in [0.25, 0.3) is 0 Å². The number of nitrogens with zero attached hydrogens (tertiary/aromatic N) is 1. The van der Waals surface area contributed by atoms with Gasteiger partial charge < -0.3 is 14.8 Å². The van der Waals surface area contributed by atoms with Crippen molar-refractivity contribution in [3.05, 3.63) is 18.4 Å². The van der Waals surface area contributed by atoms with Crippen LogP contribution in [0.2, 0.25) is 0 Å². The van der Waals surface area contributed by atoms with Gasteiger partial charge in [-0.1, -0.05) is 6.92 Å². The van der Waals surface area contributed by atoms with Crippen LogP contribution >= 0.6 is 0 Å². The molecule has 0 spiro atoms. The second kappa shape index (κ2) is 5.14. The zero-order chi connectivity index (χ0) is 11.3. The minimum absolute atomic E-state index is 0.0281. The lowest BCUT2D eigenvalue weighted by atomic mass is 10.2. The summed E-state index contributed by atoms with van der Waals surface area (Å²) < 4.78 is 4.69. The van der Waals surface area contributed by atoms with E-state index >= 15 is 0 Å². The summed E-state index contributed by atoms with van der Waals surface area (Å²) in [4.78, 5) is 25.7. The van der Waals surface area contributed by atoms with Crippen LogP contribution in [0.1, 0.15) is 19.0 Å². The highest BCUT2D eigenvalue weighted by atomic mass is 16.4. The molecule has 1 aromatic heterocycles. The number of aromatic nitrogens is 1. The van der Waals surface area contributed by atoms with Gasteiger partial charge in [-0.3, -0.25) is 4.79 Å². The third-order valence-electron chi connectivity index (χ3n) is 1.87. The Morgan fingerprint density at radius 3 is 2.87 bits per heavy atom. The molecule has 0 radical (unpaired) electrons. The summed E-state index contributed by atoms with van der Waals surface area (Å²) in [6, 6.07) is -0.843. The summed E-state index contributed by atoms with van der Waals surface area (Å²) in [6.45, 7) is 1.69. The Labute approximate surface area is 86.3 Å². The summed E-state index contributed by atoms with van der Waals surface area (Å²) in [6.07, 6.45) is 2.94. The van der Waals surface area contributed by atoms with E-state index in [-0.39, 0.29) is 12.3 Å². The zero-order valence-corrected chi connectivity index (χ0v) is 8.27. The second-order valence-electron chi connectivity index (χ2n) is 3.02. The van der Waals surface area contributed by atoms with Crippen molar-refractivity contribution >= 4 is 11.9 Å². The van der Waals surface area contributed by atoms with Gasteiger partial charge in [-0.05, 0) is 6.42 Å². The maximum Gasteiger partial charge on any atom is 0.326 e. The number of hydrogen-bond acceptors (Lipinski definition) is 4. The SMILES string of the molecule is CCC(NC(=O)Cc1cocn1)C(=O)O. The van der Waals surface area contributed by atoms with Crippen LogP contribution in [0.25, 0.3) is 0 Å². The first-order chi connectivity index (χ1) is 7.13. The third-order valence-corrected chi connectivity index (χ3v) is 1.87. The molecule has 6 nitrogen and oxygen atoms in total. The molecule has 0 bridgehead atoms. The van der Waals surface area contributed by atoms with Crippen molar-refractivity contribution in [1.82, 2.24) is 10.3 Å². The van der Waals surface area contributed by atoms with Gasteiger partial charge in [0, 0.05) is 0 Å². The molecule has 0 fully saturated rings. The molecule has 1 atom stereocenters. The first-order valence-electron chi connectivity index (χ1n) is 4.52. The summed E-state index contributed by atoms with van der Waals surface area (Å²) in [5.74, 6) is -1.41. The van der Waals surface area contributed by atoms with E-state index in [0.29, 0.717) is 12.1 Å². The molecule has 0 aliphatic carbocycles. The zero-order valence-electron chi connectivity index (χ0n) is 8.27. The van der Waals surface area contributed by atoms with Gasteiger partial charge in [0.2, 0.25) is 5.91 Å². The quantitative estimate of drug-likeness (QED) is 0.727. The van der Waals surface area contributed by atoms with E-state index in [1.54, 1.807) is 6.92 Å². The van der Waals surface area contributed by atoms with E-state index < -0.39 is 12.0 Å². The van der Waals surface area contributed by atoms with Gasteiger partial charge in [-0.2, -0.15) is 0 Å². The summed E-state index contributed by atoms with van der Waals surface area (Å²) in [5, 5.41) is 11.1. The number of carbonyl (C=O) groups excluding carboxylic acids is 1. The predicted molar refractivity (Wildman–Crippen MR) is 50.1 cm³/mol. The molecular weight excluding hydrogens is 200 g/mol. The fourth-order valence-electron chi connectivity index (χ4n) is 1.07.